The normalized spacial score (nSPS) is 10.4. The van der Waals surface area contributed by atoms with Gasteiger partial charge in [-0.3, -0.25) is 4.79 Å². The van der Waals surface area contributed by atoms with Crippen molar-refractivity contribution in [2.45, 2.75) is 13.8 Å². The van der Waals surface area contributed by atoms with E-state index in [1.807, 2.05) is 13.0 Å². The van der Waals surface area contributed by atoms with Crippen LogP contribution in [0.25, 0.3) is 0 Å². The van der Waals surface area contributed by atoms with Gasteiger partial charge in [0.2, 0.25) is 0 Å². The number of halogens is 2. The van der Waals surface area contributed by atoms with Crippen LogP contribution in [0.4, 0.5) is 8.78 Å². The molecule has 0 spiro atoms. The van der Waals surface area contributed by atoms with Crippen molar-refractivity contribution in [1.29, 1.82) is 0 Å². The maximum Gasteiger partial charge on any atom is 0.196 e. The first-order valence-electron chi connectivity index (χ1n) is 5.57. The van der Waals surface area contributed by atoms with Gasteiger partial charge in [-0.25, -0.2) is 8.78 Å². The second-order valence-corrected chi connectivity index (χ2v) is 4.18. The molecule has 0 saturated heterocycles. The van der Waals surface area contributed by atoms with Gasteiger partial charge in [0, 0.05) is 5.56 Å². The Labute approximate surface area is 104 Å². The number of ketones is 1. The smallest absolute Gasteiger partial charge is 0.196 e. The fraction of sp³-hybridized carbons (Fsp3) is 0.133. The largest absolute Gasteiger partial charge is 0.288 e. The summed E-state index contributed by atoms with van der Waals surface area (Å²) in [5.74, 6) is -2.59. The quantitative estimate of drug-likeness (QED) is 0.736. The molecule has 0 radical (unpaired) electrons. The number of rotatable bonds is 2. The fourth-order valence-electron chi connectivity index (χ4n) is 1.82. The van der Waals surface area contributed by atoms with Crippen LogP contribution in [-0.4, -0.2) is 5.78 Å². The molecule has 0 aliphatic carbocycles. The van der Waals surface area contributed by atoms with Gasteiger partial charge in [-0.05, 0) is 37.1 Å². The van der Waals surface area contributed by atoms with Gasteiger partial charge < -0.3 is 0 Å². The molecule has 0 aliphatic heterocycles. The van der Waals surface area contributed by atoms with Crippen molar-refractivity contribution in [1.82, 2.24) is 0 Å². The van der Waals surface area contributed by atoms with E-state index in [9.17, 15) is 13.6 Å². The molecule has 2 aromatic rings. The Balaban J connectivity index is 2.55. The molecule has 1 nitrogen and oxygen atoms in total. The Kier molecular flexibility index (Phi) is 3.24. The van der Waals surface area contributed by atoms with Crippen molar-refractivity contribution in [2.75, 3.05) is 0 Å². The first-order chi connectivity index (χ1) is 8.52. The van der Waals surface area contributed by atoms with E-state index in [2.05, 4.69) is 0 Å². The molecule has 0 unspecified atom stereocenters. The molecule has 0 aromatic heterocycles. The van der Waals surface area contributed by atoms with Crippen LogP contribution in [0, 0.1) is 25.5 Å². The third-order valence-electron chi connectivity index (χ3n) is 3.05. The Hall–Kier alpha value is -2.03. The number of aryl methyl sites for hydroxylation is 1. The maximum atomic E-state index is 13.6. The van der Waals surface area contributed by atoms with Gasteiger partial charge in [0.15, 0.2) is 17.4 Å². The zero-order valence-corrected chi connectivity index (χ0v) is 10.1. The molecule has 0 heterocycles. The lowest BCUT2D eigenvalue weighted by atomic mass is 9.96. The molecule has 3 heteroatoms. The fourth-order valence-corrected chi connectivity index (χ4v) is 1.82. The number of carbonyl (C=O) groups is 1. The summed E-state index contributed by atoms with van der Waals surface area (Å²) in [7, 11) is 0. The molecule has 92 valence electrons. The lowest BCUT2D eigenvalue weighted by Gasteiger charge is -2.08. The predicted octanol–water partition coefficient (Wildman–Crippen LogP) is 3.81. The molecular weight excluding hydrogens is 234 g/mol. The minimum Gasteiger partial charge on any atom is -0.288 e. The lowest BCUT2D eigenvalue weighted by Crippen LogP contribution is -2.08. The zero-order valence-electron chi connectivity index (χ0n) is 10.1. The molecule has 0 aliphatic rings. The average molecular weight is 246 g/mol. The van der Waals surface area contributed by atoms with Crippen LogP contribution in [0.3, 0.4) is 0 Å². The van der Waals surface area contributed by atoms with Crippen molar-refractivity contribution < 1.29 is 13.6 Å². The number of hydrogen-bond acceptors (Lipinski definition) is 1. The monoisotopic (exact) mass is 246 g/mol. The van der Waals surface area contributed by atoms with E-state index in [0.717, 1.165) is 17.2 Å². The number of hydrogen-bond donors (Lipinski definition) is 0. The van der Waals surface area contributed by atoms with E-state index in [-0.39, 0.29) is 5.56 Å². The molecule has 0 amide bonds. The Morgan fingerprint density at radius 3 is 2.28 bits per heavy atom. The highest BCUT2D eigenvalue weighted by Gasteiger charge is 2.18. The predicted molar refractivity (Wildman–Crippen MR) is 65.7 cm³/mol. The van der Waals surface area contributed by atoms with Gasteiger partial charge in [-0.15, -0.1) is 0 Å². The third-order valence-corrected chi connectivity index (χ3v) is 3.05. The summed E-state index contributed by atoms with van der Waals surface area (Å²) in [4.78, 5) is 12.2. The summed E-state index contributed by atoms with van der Waals surface area (Å²) in [5, 5.41) is 0. The van der Waals surface area contributed by atoms with Crippen molar-refractivity contribution in [3.05, 3.63) is 70.3 Å². The minimum atomic E-state index is -1.09. The van der Waals surface area contributed by atoms with E-state index in [1.54, 1.807) is 19.1 Å². The Bertz CT molecular complexity index is 564. The van der Waals surface area contributed by atoms with E-state index < -0.39 is 17.4 Å². The molecule has 18 heavy (non-hydrogen) atoms. The molecule has 0 N–H and O–H groups in total. The molecule has 0 atom stereocenters. The first-order valence-corrected chi connectivity index (χ1v) is 5.57. The second-order valence-electron chi connectivity index (χ2n) is 4.18. The van der Waals surface area contributed by atoms with Gasteiger partial charge >= 0.3 is 0 Å². The van der Waals surface area contributed by atoms with Crippen LogP contribution in [0.5, 0.6) is 0 Å². The Morgan fingerprint density at radius 1 is 0.944 bits per heavy atom. The van der Waals surface area contributed by atoms with Gasteiger partial charge in [0.1, 0.15) is 0 Å². The molecular formula is C15H12F2O. The first kappa shape index (κ1) is 12.4. The summed E-state index contributed by atoms with van der Waals surface area (Å²) in [6.07, 6.45) is 0. The minimum absolute atomic E-state index is 0.233. The summed E-state index contributed by atoms with van der Waals surface area (Å²) < 4.78 is 26.7. The zero-order chi connectivity index (χ0) is 13.3. The SMILES string of the molecule is Cc1cccc(C(=O)c2cccc(F)c2F)c1C. The van der Waals surface area contributed by atoms with Crippen molar-refractivity contribution in [2.24, 2.45) is 0 Å². The van der Waals surface area contributed by atoms with Crippen LogP contribution in [0.15, 0.2) is 36.4 Å². The van der Waals surface area contributed by atoms with E-state index in [1.165, 1.54) is 12.1 Å². The van der Waals surface area contributed by atoms with Gasteiger partial charge in [0.05, 0.1) is 5.56 Å². The summed E-state index contributed by atoms with van der Waals surface area (Å²) in [6.45, 7) is 3.66. The van der Waals surface area contributed by atoms with Crippen LogP contribution in [-0.2, 0) is 0 Å². The average Bonchev–Trinajstić information content (AvgIpc) is 2.35. The molecule has 2 aromatic carbocycles. The van der Waals surface area contributed by atoms with Crippen molar-refractivity contribution >= 4 is 5.78 Å². The Morgan fingerprint density at radius 2 is 1.56 bits per heavy atom. The van der Waals surface area contributed by atoms with E-state index >= 15 is 0 Å². The highest BCUT2D eigenvalue weighted by Crippen LogP contribution is 2.20. The standard InChI is InChI=1S/C15H12F2O/c1-9-5-3-6-11(10(9)2)15(18)12-7-4-8-13(16)14(12)17/h3-8H,1-2H3. The van der Waals surface area contributed by atoms with Crippen molar-refractivity contribution in [3.8, 4) is 0 Å². The van der Waals surface area contributed by atoms with Gasteiger partial charge in [-0.1, -0.05) is 24.3 Å². The lowest BCUT2D eigenvalue weighted by molar-refractivity contribution is 0.103. The third kappa shape index (κ3) is 2.04. The van der Waals surface area contributed by atoms with Gasteiger partial charge in [0.25, 0.3) is 0 Å². The van der Waals surface area contributed by atoms with Gasteiger partial charge in [-0.2, -0.15) is 0 Å². The molecule has 2 rings (SSSR count). The summed E-state index contributed by atoms with van der Waals surface area (Å²) >= 11 is 0. The summed E-state index contributed by atoms with van der Waals surface area (Å²) in [6, 6.07) is 8.84. The van der Waals surface area contributed by atoms with Crippen molar-refractivity contribution in [3.63, 3.8) is 0 Å². The van der Waals surface area contributed by atoms with Crippen LogP contribution >= 0.6 is 0 Å². The second kappa shape index (κ2) is 4.69. The topological polar surface area (TPSA) is 17.1 Å². The summed E-state index contributed by atoms with van der Waals surface area (Å²) in [5.41, 5.74) is 1.90. The van der Waals surface area contributed by atoms with Crippen LogP contribution in [0.1, 0.15) is 27.0 Å². The molecule has 0 fully saturated rings. The van der Waals surface area contributed by atoms with Crippen LogP contribution < -0.4 is 0 Å². The molecule has 0 saturated carbocycles. The van der Waals surface area contributed by atoms with E-state index in [4.69, 9.17) is 0 Å². The highest BCUT2D eigenvalue weighted by atomic mass is 19.2. The maximum absolute atomic E-state index is 13.6. The highest BCUT2D eigenvalue weighted by molar-refractivity contribution is 6.10. The van der Waals surface area contributed by atoms with Crippen LogP contribution in [0.2, 0.25) is 0 Å². The number of carbonyl (C=O) groups excluding carboxylic acids is 1. The molecule has 0 bridgehead atoms. The van der Waals surface area contributed by atoms with E-state index in [0.29, 0.717) is 5.56 Å². The number of benzene rings is 2.